The zero-order valence-electron chi connectivity index (χ0n) is 12.1. The number of carbonyl (C=O) groups excluding carboxylic acids is 2. The minimum Gasteiger partial charge on any atom is -0.483 e. The lowest BCUT2D eigenvalue weighted by atomic mass is 9.84. The topological polar surface area (TPSA) is 55.8 Å². The molecule has 0 saturated carbocycles. The zero-order chi connectivity index (χ0) is 15.0. The predicted molar refractivity (Wildman–Crippen MR) is 77.3 cm³/mol. The largest absolute Gasteiger partial charge is 0.483 e. The zero-order valence-corrected chi connectivity index (χ0v) is 12.1. The molecule has 0 unspecified atom stereocenters. The molecule has 1 spiro atoms. The minimum atomic E-state index is -0.424. The summed E-state index contributed by atoms with van der Waals surface area (Å²) in [5.74, 6) is 0.305. The summed E-state index contributed by atoms with van der Waals surface area (Å²) < 4.78 is 10.6. The Hall–Kier alpha value is -2.14. The number of fused-ring (bicyclic) bond motifs is 1. The smallest absolute Gasteiger partial charge is 0.330 e. The molecule has 5 heteroatoms. The molecule has 1 aromatic carbocycles. The van der Waals surface area contributed by atoms with Crippen LogP contribution in [0, 0.1) is 0 Å². The highest BCUT2D eigenvalue weighted by Gasteiger charge is 2.48. The number of nitrogens with zero attached hydrogens (tertiary/aromatic N) is 1. The van der Waals surface area contributed by atoms with E-state index in [1.807, 2.05) is 13.1 Å². The molecular weight excluding hydrogens is 270 g/mol. The highest BCUT2D eigenvalue weighted by atomic mass is 16.5. The molecule has 0 aliphatic carbocycles. The summed E-state index contributed by atoms with van der Waals surface area (Å²) in [7, 11) is 3.33. The maximum Gasteiger partial charge on any atom is 0.330 e. The molecule has 2 heterocycles. The molecule has 2 aliphatic heterocycles. The van der Waals surface area contributed by atoms with Gasteiger partial charge in [0.1, 0.15) is 11.4 Å². The van der Waals surface area contributed by atoms with E-state index in [2.05, 4.69) is 9.64 Å². The van der Waals surface area contributed by atoms with Gasteiger partial charge in [-0.2, -0.15) is 0 Å². The quantitative estimate of drug-likeness (QED) is 0.610. The first-order valence-electron chi connectivity index (χ1n) is 6.82. The Morgan fingerprint density at radius 1 is 1.43 bits per heavy atom. The second kappa shape index (κ2) is 5.00. The van der Waals surface area contributed by atoms with Crippen LogP contribution in [0.15, 0.2) is 24.3 Å². The molecule has 0 N–H and O–H groups in total. The Bertz CT molecular complexity index is 629. The lowest BCUT2D eigenvalue weighted by molar-refractivity contribution is -0.134. The van der Waals surface area contributed by atoms with Crippen molar-refractivity contribution in [3.8, 4) is 5.75 Å². The van der Waals surface area contributed by atoms with Gasteiger partial charge in [0.25, 0.3) is 0 Å². The lowest BCUT2D eigenvalue weighted by Crippen LogP contribution is -2.65. The molecule has 0 atom stereocenters. The van der Waals surface area contributed by atoms with Crippen LogP contribution in [0.4, 0.5) is 0 Å². The Kier molecular flexibility index (Phi) is 3.29. The maximum atomic E-state index is 12.3. The fourth-order valence-corrected chi connectivity index (χ4v) is 2.96. The van der Waals surface area contributed by atoms with Gasteiger partial charge in [0, 0.05) is 19.2 Å². The van der Waals surface area contributed by atoms with E-state index < -0.39 is 5.97 Å². The monoisotopic (exact) mass is 287 g/mol. The number of benzene rings is 1. The summed E-state index contributed by atoms with van der Waals surface area (Å²) in [5, 5.41) is 0. The van der Waals surface area contributed by atoms with E-state index in [1.165, 1.54) is 13.2 Å². The van der Waals surface area contributed by atoms with Crippen LogP contribution in [0.3, 0.4) is 0 Å². The number of rotatable bonds is 2. The van der Waals surface area contributed by atoms with Gasteiger partial charge in [-0.05, 0) is 30.8 Å². The number of Topliss-reactive ketones (excluding diaryl/α,β-unsaturated/α-hetero) is 1. The van der Waals surface area contributed by atoms with Crippen LogP contribution in [-0.4, -0.2) is 49.5 Å². The standard InChI is InChI=1S/C16H17NO4/c1-17-9-16(10-17)8-13(18)12-7-11(3-5-14(12)21-16)4-6-15(19)20-2/h3-7H,8-10H2,1-2H3. The highest BCUT2D eigenvalue weighted by molar-refractivity contribution is 6.01. The molecule has 3 rings (SSSR count). The van der Waals surface area contributed by atoms with E-state index in [4.69, 9.17) is 4.74 Å². The van der Waals surface area contributed by atoms with Crippen LogP contribution in [0.25, 0.3) is 6.08 Å². The molecule has 2 aliphatic rings. The van der Waals surface area contributed by atoms with Crippen LogP contribution in [-0.2, 0) is 9.53 Å². The molecular formula is C16H17NO4. The van der Waals surface area contributed by atoms with Gasteiger partial charge in [0.2, 0.25) is 0 Å². The Labute approximate surface area is 123 Å². The van der Waals surface area contributed by atoms with E-state index in [0.717, 1.165) is 18.7 Å². The Morgan fingerprint density at radius 2 is 2.19 bits per heavy atom. The number of ether oxygens (including phenoxy) is 2. The molecule has 1 aromatic rings. The van der Waals surface area contributed by atoms with Crippen molar-refractivity contribution in [2.75, 3.05) is 27.2 Å². The number of likely N-dealkylation sites (N-methyl/N-ethyl adjacent to an activating group) is 1. The van der Waals surface area contributed by atoms with Crippen molar-refractivity contribution < 1.29 is 19.1 Å². The average Bonchev–Trinajstić information content (AvgIpc) is 2.43. The number of hydrogen-bond donors (Lipinski definition) is 0. The van der Waals surface area contributed by atoms with Crippen molar-refractivity contribution in [1.82, 2.24) is 4.90 Å². The summed E-state index contributed by atoms with van der Waals surface area (Å²) >= 11 is 0. The number of methoxy groups -OCH3 is 1. The van der Waals surface area contributed by atoms with E-state index in [1.54, 1.807) is 18.2 Å². The second-order valence-electron chi connectivity index (χ2n) is 5.67. The maximum absolute atomic E-state index is 12.3. The van der Waals surface area contributed by atoms with Crippen LogP contribution >= 0.6 is 0 Å². The van der Waals surface area contributed by atoms with Gasteiger partial charge >= 0.3 is 5.97 Å². The summed E-state index contributed by atoms with van der Waals surface area (Å²) in [4.78, 5) is 25.6. The number of ketones is 1. The van der Waals surface area contributed by atoms with Crippen molar-refractivity contribution in [2.45, 2.75) is 12.0 Å². The molecule has 110 valence electrons. The molecule has 21 heavy (non-hydrogen) atoms. The van der Waals surface area contributed by atoms with E-state index >= 15 is 0 Å². The summed E-state index contributed by atoms with van der Waals surface area (Å²) in [5.41, 5.74) is 1.02. The van der Waals surface area contributed by atoms with Crippen molar-refractivity contribution in [1.29, 1.82) is 0 Å². The van der Waals surface area contributed by atoms with Crippen molar-refractivity contribution in [2.24, 2.45) is 0 Å². The van der Waals surface area contributed by atoms with Crippen molar-refractivity contribution >= 4 is 17.8 Å². The van der Waals surface area contributed by atoms with Gasteiger partial charge in [0.05, 0.1) is 19.1 Å². The Balaban J connectivity index is 1.84. The van der Waals surface area contributed by atoms with Crippen molar-refractivity contribution in [3.05, 3.63) is 35.4 Å². The SMILES string of the molecule is COC(=O)C=Cc1ccc2c(c1)C(=O)CC1(CN(C)C1)O2. The van der Waals surface area contributed by atoms with Gasteiger partial charge < -0.3 is 9.47 Å². The van der Waals surface area contributed by atoms with Gasteiger partial charge in [-0.15, -0.1) is 0 Å². The average molecular weight is 287 g/mol. The molecule has 0 aromatic heterocycles. The molecule has 1 fully saturated rings. The fourth-order valence-electron chi connectivity index (χ4n) is 2.96. The number of likely N-dealkylation sites (tertiary alicyclic amines) is 1. The Morgan fingerprint density at radius 3 is 2.86 bits per heavy atom. The summed E-state index contributed by atoms with van der Waals surface area (Å²) in [6.07, 6.45) is 3.37. The van der Waals surface area contributed by atoms with Crippen LogP contribution in [0.2, 0.25) is 0 Å². The number of carbonyl (C=O) groups is 2. The second-order valence-corrected chi connectivity index (χ2v) is 5.67. The van der Waals surface area contributed by atoms with Gasteiger partial charge in [0.15, 0.2) is 5.78 Å². The van der Waals surface area contributed by atoms with Gasteiger partial charge in [-0.3, -0.25) is 9.69 Å². The molecule has 0 bridgehead atoms. The third-order valence-corrected chi connectivity index (χ3v) is 3.84. The summed E-state index contributed by atoms with van der Waals surface area (Å²) in [6, 6.07) is 5.38. The van der Waals surface area contributed by atoms with Crippen LogP contribution < -0.4 is 4.74 Å². The van der Waals surface area contributed by atoms with E-state index in [0.29, 0.717) is 17.7 Å². The third-order valence-electron chi connectivity index (χ3n) is 3.84. The first-order chi connectivity index (χ1) is 10.0. The predicted octanol–water partition coefficient (Wildman–Crippen LogP) is 1.52. The van der Waals surface area contributed by atoms with Gasteiger partial charge in [-0.25, -0.2) is 4.79 Å². The summed E-state index contributed by atoms with van der Waals surface area (Å²) in [6.45, 7) is 1.56. The van der Waals surface area contributed by atoms with E-state index in [-0.39, 0.29) is 11.4 Å². The van der Waals surface area contributed by atoms with Gasteiger partial charge in [-0.1, -0.05) is 6.07 Å². The first kappa shape index (κ1) is 13.8. The number of esters is 1. The minimum absolute atomic E-state index is 0.0951. The number of hydrogen-bond acceptors (Lipinski definition) is 5. The highest BCUT2D eigenvalue weighted by Crippen LogP contribution is 2.38. The normalized spacial score (nSPS) is 20.0. The molecule has 1 saturated heterocycles. The lowest BCUT2D eigenvalue weighted by Gasteiger charge is -2.49. The van der Waals surface area contributed by atoms with Crippen molar-refractivity contribution in [3.63, 3.8) is 0 Å². The first-order valence-corrected chi connectivity index (χ1v) is 6.82. The van der Waals surface area contributed by atoms with Crippen LogP contribution in [0.5, 0.6) is 5.75 Å². The molecule has 0 radical (unpaired) electrons. The molecule has 0 amide bonds. The molecule has 5 nitrogen and oxygen atoms in total. The van der Waals surface area contributed by atoms with Crippen LogP contribution in [0.1, 0.15) is 22.3 Å². The fraction of sp³-hybridized carbons (Fsp3) is 0.375. The third kappa shape index (κ3) is 2.56. The van der Waals surface area contributed by atoms with E-state index in [9.17, 15) is 9.59 Å².